The molecule has 15 heavy (non-hydrogen) atoms. The highest BCUT2D eigenvalue weighted by atomic mass is 19.4. The van der Waals surface area contributed by atoms with Gasteiger partial charge in [-0.3, -0.25) is 0 Å². The van der Waals surface area contributed by atoms with Crippen molar-refractivity contribution in [2.24, 2.45) is 5.73 Å². The van der Waals surface area contributed by atoms with E-state index >= 15 is 0 Å². The molecule has 1 rings (SSSR count). The maximum Gasteiger partial charge on any atom is 0.416 e. The molecule has 0 bridgehead atoms. The number of alkyl halides is 3. The van der Waals surface area contributed by atoms with Crippen LogP contribution in [0.4, 0.5) is 17.6 Å². The maximum atomic E-state index is 13.0. The molecule has 0 heterocycles. The maximum absolute atomic E-state index is 13.0. The monoisotopic (exact) mass is 223 g/mol. The summed E-state index contributed by atoms with van der Waals surface area (Å²) >= 11 is 0. The molecule has 84 valence electrons. The van der Waals surface area contributed by atoms with Crippen LogP contribution >= 0.6 is 0 Å². The van der Waals surface area contributed by atoms with E-state index in [0.29, 0.717) is 0 Å². The van der Waals surface area contributed by atoms with Crippen LogP contribution in [0, 0.1) is 5.82 Å². The fraction of sp³-hybridized carbons (Fsp3) is 0.333. The van der Waals surface area contributed by atoms with Gasteiger partial charge in [0.25, 0.3) is 0 Å². The minimum absolute atomic E-state index is 0.359. The first-order chi connectivity index (χ1) is 6.84. The highest BCUT2D eigenvalue weighted by molar-refractivity contribution is 5.22. The Morgan fingerprint density at radius 3 is 2.20 bits per heavy atom. The van der Waals surface area contributed by atoms with Gasteiger partial charge in [-0.15, -0.1) is 0 Å². The average molecular weight is 223 g/mol. The molecule has 0 aliphatic heterocycles. The molecule has 0 saturated carbocycles. The highest BCUT2D eigenvalue weighted by Gasteiger charge is 2.43. The summed E-state index contributed by atoms with van der Waals surface area (Å²) in [6, 6.07) is 2.95. The highest BCUT2D eigenvalue weighted by Crippen LogP contribution is 2.29. The predicted molar refractivity (Wildman–Crippen MR) is 45.4 cm³/mol. The molecule has 0 fully saturated rings. The Morgan fingerprint density at radius 1 is 1.20 bits per heavy atom. The summed E-state index contributed by atoms with van der Waals surface area (Å²) in [5.74, 6) is -0.867. The van der Waals surface area contributed by atoms with Gasteiger partial charge in [0.2, 0.25) is 0 Å². The number of hydrogen-bond acceptors (Lipinski definition) is 2. The molecular formula is C9H9F4NO. The van der Waals surface area contributed by atoms with Crippen molar-refractivity contribution in [1.29, 1.82) is 0 Å². The quantitative estimate of drug-likeness (QED) is 0.750. The van der Waals surface area contributed by atoms with E-state index in [9.17, 15) is 17.6 Å². The molecule has 0 amide bonds. The van der Waals surface area contributed by atoms with Crippen LogP contribution in [0.3, 0.4) is 0 Å². The van der Waals surface area contributed by atoms with Crippen LogP contribution in [0.2, 0.25) is 0 Å². The van der Waals surface area contributed by atoms with E-state index in [2.05, 4.69) is 0 Å². The Bertz CT molecular complexity index is 339. The van der Waals surface area contributed by atoms with E-state index in [4.69, 9.17) is 10.8 Å². The Hall–Kier alpha value is -1.14. The summed E-state index contributed by atoms with van der Waals surface area (Å²) in [6.07, 6.45) is -7.63. The van der Waals surface area contributed by atoms with Crippen molar-refractivity contribution in [3.63, 3.8) is 0 Å². The van der Waals surface area contributed by atoms with Gasteiger partial charge in [0.1, 0.15) is 5.82 Å². The smallest absolute Gasteiger partial charge is 0.382 e. The number of benzene rings is 1. The fourth-order valence-corrected chi connectivity index (χ4v) is 1.12. The first-order valence-electron chi connectivity index (χ1n) is 4.09. The van der Waals surface area contributed by atoms with Crippen LogP contribution in [0.25, 0.3) is 0 Å². The van der Waals surface area contributed by atoms with Crippen molar-refractivity contribution in [2.75, 3.05) is 0 Å². The zero-order valence-electron chi connectivity index (χ0n) is 7.50. The van der Waals surface area contributed by atoms with E-state index in [1.165, 1.54) is 12.1 Å². The normalized spacial score (nSPS) is 16.1. The molecule has 0 aliphatic carbocycles. The number of aliphatic hydroxyl groups is 1. The Morgan fingerprint density at radius 2 is 1.73 bits per heavy atom. The average Bonchev–Trinajstić information content (AvgIpc) is 2.15. The second-order valence-corrected chi connectivity index (χ2v) is 3.03. The Balaban J connectivity index is 2.95. The zero-order valence-corrected chi connectivity index (χ0v) is 7.50. The van der Waals surface area contributed by atoms with E-state index in [-0.39, 0.29) is 5.56 Å². The predicted octanol–water partition coefficient (Wildman–Crippen LogP) is 1.75. The van der Waals surface area contributed by atoms with Gasteiger partial charge in [-0.05, 0) is 6.07 Å². The van der Waals surface area contributed by atoms with Gasteiger partial charge in [0.05, 0.1) is 6.04 Å². The molecule has 1 aromatic rings. The summed E-state index contributed by atoms with van der Waals surface area (Å²) in [5.41, 5.74) is 4.76. The van der Waals surface area contributed by atoms with Gasteiger partial charge >= 0.3 is 6.18 Å². The molecule has 0 aromatic heterocycles. The van der Waals surface area contributed by atoms with Crippen molar-refractivity contribution < 1.29 is 22.7 Å². The fourth-order valence-electron chi connectivity index (χ4n) is 1.12. The number of hydrogen-bond donors (Lipinski definition) is 2. The SMILES string of the molecule is N[C@@H](c1ccccc1F)[C@H](O)C(F)(F)F. The molecule has 1 aromatic carbocycles. The van der Waals surface area contributed by atoms with Crippen LogP contribution in [-0.4, -0.2) is 17.4 Å². The van der Waals surface area contributed by atoms with Crippen molar-refractivity contribution >= 4 is 0 Å². The number of nitrogens with two attached hydrogens (primary N) is 1. The lowest BCUT2D eigenvalue weighted by atomic mass is 10.0. The second kappa shape index (κ2) is 4.16. The van der Waals surface area contributed by atoms with Crippen molar-refractivity contribution in [3.05, 3.63) is 35.6 Å². The lowest BCUT2D eigenvalue weighted by molar-refractivity contribution is -0.210. The molecule has 6 heteroatoms. The molecule has 0 radical (unpaired) electrons. The molecule has 3 N–H and O–H groups in total. The van der Waals surface area contributed by atoms with E-state index in [1.54, 1.807) is 0 Å². The third-order valence-corrected chi connectivity index (χ3v) is 1.94. The van der Waals surface area contributed by atoms with Gasteiger partial charge < -0.3 is 10.8 Å². The van der Waals surface area contributed by atoms with Crippen LogP contribution in [0.15, 0.2) is 24.3 Å². The van der Waals surface area contributed by atoms with Gasteiger partial charge in [-0.2, -0.15) is 13.2 Å². The second-order valence-electron chi connectivity index (χ2n) is 3.03. The lowest BCUT2D eigenvalue weighted by Gasteiger charge is -2.21. The molecule has 0 unspecified atom stereocenters. The lowest BCUT2D eigenvalue weighted by Crippen LogP contribution is -2.39. The van der Waals surface area contributed by atoms with Gasteiger partial charge in [0.15, 0.2) is 6.10 Å². The van der Waals surface area contributed by atoms with Crippen LogP contribution in [0.1, 0.15) is 11.6 Å². The van der Waals surface area contributed by atoms with Crippen molar-refractivity contribution in [3.8, 4) is 0 Å². The standard InChI is InChI=1S/C9H9F4NO/c10-6-4-2-1-3-5(6)7(14)8(15)9(11,12)13/h1-4,7-8,15H,14H2/t7-,8-/m0/s1. The number of aliphatic hydroxyl groups excluding tert-OH is 1. The Labute approximate surface area is 83.3 Å². The summed E-state index contributed by atoms with van der Waals surface area (Å²) in [4.78, 5) is 0. The van der Waals surface area contributed by atoms with Crippen LogP contribution in [-0.2, 0) is 0 Å². The largest absolute Gasteiger partial charge is 0.416 e. The molecular weight excluding hydrogens is 214 g/mol. The van der Waals surface area contributed by atoms with Crippen LogP contribution < -0.4 is 5.73 Å². The summed E-state index contributed by atoms with van der Waals surface area (Å²) in [5, 5.41) is 8.82. The summed E-state index contributed by atoms with van der Waals surface area (Å²) in [7, 11) is 0. The van der Waals surface area contributed by atoms with Crippen molar-refractivity contribution in [2.45, 2.75) is 18.3 Å². The minimum atomic E-state index is -4.86. The topological polar surface area (TPSA) is 46.2 Å². The molecule has 2 atom stereocenters. The molecule has 0 saturated heterocycles. The van der Waals surface area contributed by atoms with Crippen molar-refractivity contribution in [1.82, 2.24) is 0 Å². The number of halogens is 4. The first kappa shape index (κ1) is 11.9. The molecule has 0 aliphatic rings. The zero-order chi connectivity index (χ0) is 11.6. The molecule has 0 spiro atoms. The van der Waals surface area contributed by atoms with Gasteiger partial charge in [-0.1, -0.05) is 18.2 Å². The van der Waals surface area contributed by atoms with Gasteiger partial charge in [0, 0.05) is 5.56 Å². The van der Waals surface area contributed by atoms with E-state index in [0.717, 1.165) is 12.1 Å². The number of rotatable bonds is 2. The van der Waals surface area contributed by atoms with Crippen LogP contribution in [0.5, 0.6) is 0 Å². The van der Waals surface area contributed by atoms with E-state index in [1.807, 2.05) is 0 Å². The molecule has 2 nitrogen and oxygen atoms in total. The summed E-state index contributed by atoms with van der Waals surface area (Å²) in [6.45, 7) is 0. The third-order valence-electron chi connectivity index (χ3n) is 1.94. The van der Waals surface area contributed by atoms with E-state index < -0.39 is 24.1 Å². The Kier molecular flexibility index (Phi) is 3.31. The van der Waals surface area contributed by atoms with Gasteiger partial charge in [-0.25, -0.2) is 4.39 Å². The first-order valence-corrected chi connectivity index (χ1v) is 4.09. The minimum Gasteiger partial charge on any atom is -0.382 e. The third kappa shape index (κ3) is 2.66. The summed E-state index contributed by atoms with van der Waals surface area (Å²) < 4.78 is 49.2.